The Bertz CT molecular complexity index is 1090. The molecule has 6 nitrogen and oxygen atoms in total. The number of ether oxygens (including phenoxy) is 1. The average Bonchev–Trinajstić information content (AvgIpc) is 2.77. The quantitative estimate of drug-likeness (QED) is 0.528. The second kappa shape index (κ2) is 10.1. The number of benzene rings is 2. The maximum Gasteiger partial charge on any atom is 0.303 e. The van der Waals surface area contributed by atoms with Crippen LogP contribution in [0.4, 0.5) is 0 Å². The maximum atomic E-state index is 10.9. The molecule has 7 heteroatoms. The molecule has 0 fully saturated rings. The fraction of sp³-hybridized carbons (Fsp3) is 0.320. The summed E-state index contributed by atoms with van der Waals surface area (Å²) in [5.41, 5.74) is 4.86. The van der Waals surface area contributed by atoms with E-state index in [9.17, 15) is 4.79 Å². The number of hydrogen-bond donors (Lipinski definition) is 1. The van der Waals surface area contributed by atoms with Crippen LogP contribution in [0.1, 0.15) is 30.3 Å². The Kier molecular flexibility index (Phi) is 7.02. The van der Waals surface area contributed by atoms with Crippen molar-refractivity contribution in [1.82, 2.24) is 14.9 Å². The standard InChI is InChI=1S/C25H26ClN3O3/c1-17(11-25(30)31)14-29-10-9-22-24(15-29)27-13-23(28-22)19-5-7-21(8-6-19)32-16-18-3-2-4-20(26)12-18/h2-8,12-13,17H,9-11,14-16H2,1H3,(H,30,31). The van der Waals surface area contributed by atoms with Crippen molar-refractivity contribution in [3.63, 3.8) is 0 Å². The van der Waals surface area contributed by atoms with E-state index in [1.54, 1.807) is 0 Å². The molecular formula is C25H26ClN3O3. The van der Waals surface area contributed by atoms with Crippen LogP contribution in [-0.2, 0) is 24.4 Å². The first-order valence-electron chi connectivity index (χ1n) is 10.7. The molecule has 1 atom stereocenters. The Morgan fingerprint density at radius 1 is 1.22 bits per heavy atom. The number of carboxylic acid groups (broad SMARTS) is 1. The van der Waals surface area contributed by atoms with E-state index < -0.39 is 5.97 Å². The van der Waals surface area contributed by atoms with Crippen molar-refractivity contribution >= 4 is 17.6 Å². The number of hydrogen-bond acceptors (Lipinski definition) is 5. The second-order valence-electron chi connectivity index (χ2n) is 8.28. The van der Waals surface area contributed by atoms with Gasteiger partial charge in [0.15, 0.2) is 0 Å². The van der Waals surface area contributed by atoms with E-state index in [1.165, 1.54) is 0 Å². The third-order valence-corrected chi connectivity index (χ3v) is 5.74. The number of rotatable bonds is 8. The molecular weight excluding hydrogens is 426 g/mol. The van der Waals surface area contributed by atoms with E-state index in [4.69, 9.17) is 26.4 Å². The minimum Gasteiger partial charge on any atom is -0.489 e. The predicted molar refractivity (Wildman–Crippen MR) is 124 cm³/mol. The molecule has 2 aromatic carbocycles. The van der Waals surface area contributed by atoms with Crippen LogP contribution in [0.25, 0.3) is 11.3 Å². The van der Waals surface area contributed by atoms with Crippen molar-refractivity contribution in [2.75, 3.05) is 13.1 Å². The number of aliphatic carboxylic acids is 1. The van der Waals surface area contributed by atoms with Gasteiger partial charge >= 0.3 is 5.97 Å². The molecule has 166 valence electrons. The molecule has 0 bridgehead atoms. The average molecular weight is 452 g/mol. The van der Waals surface area contributed by atoms with Crippen LogP contribution in [-0.4, -0.2) is 39.0 Å². The predicted octanol–water partition coefficient (Wildman–Crippen LogP) is 4.84. The molecule has 3 aromatic rings. The van der Waals surface area contributed by atoms with Gasteiger partial charge in [0.05, 0.1) is 23.3 Å². The molecule has 4 rings (SSSR count). The Morgan fingerprint density at radius 3 is 2.78 bits per heavy atom. The van der Waals surface area contributed by atoms with Crippen LogP contribution in [0, 0.1) is 5.92 Å². The molecule has 2 heterocycles. The van der Waals surface area contributed by atoms with Crippen molar-refractivity contribution < 1.29 is 14.6 Å². The summed E-state index contributed by atoms with van der Waals surface area (Å²) in [5, 5.41) is 9.66. The normalized spacial score (nSPS) is 14.6. The molecule has 0 spiro atoms. The molecule has 1 aliphatic heterocycles. The number of halogens is 1. The zero-order valence-electron chi connectivity index (χ0n) is 18.0. The molecule has 0 saturated carbocycles. The Hall–Kier alpha value is -2.96. The van der Waals surface area contributed by atoms with Crippen molar-refractivity contribution in [3.8, 4) is 17.0 Å². The zero-order chi connectivity index (χ0) is 22.5. The van der Waals surface area contributed by atoms with Gasteiger partial charge in [0.25, 0.3) is 0 Å². The van der Waals surface area contributed by atoms with Crippen LogP contribution in [0.5, 0.6) is 5.75 Å². The summed E-state index contributed by atoms with van der Waals surface area (Å²) in [4.78, 5) is 22.7. The monoisotopic (exact) mass is 451 g/mol. The second-order valence-corrected chi connectivity index (χ2v) is 8.72. The van der Waals surface area contributed by atoms with Gasteiger partial charge in [0, 0.05) is 43.1 Å². The van der Waals surface area contributed by atoms with Gasteiger partial charge in [-0.3, -0.25) is 14.7 Å². The molecule has 1 N–H and O–H groups in total. The van der Waals surface area contributed by atoms with Crippen LogP contribution in [0.2, 0.25) is 5.02 Å². The number of aromatic nitrogens is 2. The molecule has 0 aliphatic carbocycles. The molecule has 1 aliphatic rings. The van der Waals surface area contributed by atoms with Gasteiger partial charge in [-0.05, 0) is 47.9 Å². The SMILES string of the molecule is CC(CC(=O)O)CN1CCc2nc(-c3ccc(OCc4cccc(Cl)c4)cc3)cnc2C1. The fourth-order valence-corrected chi connectivity index (χ4v) is 4.17. The van der Waals surface area contributed by atoms with E-state index >= 15 is 0 Å². The minimum atomic E-state index is -0.750. The van der Waals surface area contributed by atoms with Gasteiger partial charge in [0.2, 0.25) is 0 Å². The number of carboxylic acids is 1. The lowest BCUT2D eigenvalue weighted by atomic mass is 10.0. The van der Waals surface area contributed by atoms with Crippen molar-refractivity contribution in [1.29, 1.82) is 0 Å². The summed E-state index contributed by atoms with van der Waals surface area (Å²) >= 11 is 6.02. The summed E-state index contributed by atoms with van der Waals surface area (Å²) in [5.74, 6) is 0.145. The molecule has 1 aromatic heterocycles. The molecule has 0 saturated heterocycles. The lowest BCUT2D eigenvalue weighted by Gasteiger charge is -2.29. The molecule has 0 amide bonds. The highest BCUT2D eigenvalue weighted by molar-refractivity contribution is 6.30. The first kappa shape index (κ1) is 22.2. The highest BCUT2D eigenvalue weighted by Gasteiger charge is 2.21. The number of fused-ring (bicyclic) bond motifs is 1. The van der Waals surface area contributed by atoms with E-state index in [0.29, 0.717) is 18.2 Å². The first-order chi connectivity index (χ1) is 15.5. The third kappa shape index (κ3) is 5.84. The highest BCUT2D eigenvalue weighted by atomic mass is 35.5. The summed E-state index contributed by atoms with van der Waals surface area (Å²) in [6.07, 6.45) is 2.81. The van der Waals surface area contributed by atoms with Gasteiger partial charge in [-0.15, -0.1) is 0 Å². The number of nitrogens with zero attached hydrogens (tertiary/aromatic N) is 3. The first-order valence-corrected chi connectivity index (χ1v) is 11.1. The largest absolute Gasteiger partial charge is 0.489 e. The number of carbonyl (C=O) groups is 1. The maximum absolute atomic E-state index is 10.9. The smallest absolute Gasteiger partial charge is 0.303 e. The topological polar surface area (TPSA) is 75.5 Å². The fourth-order valence-electron chi connectivity index (χ4n) is 3.95. The Morgan fingerprint density at radius 2 is 2.03 bits per heavy atom. The van der Waals surface area contributed by atoms with Gasteiger partial charge in [-0.25, -0.2) is 4.98 Å². The zero-order valence-corrected chi connectivity index (χ0v) is 18.8. The van der Waals surface area contributed by atoms with Crippen LogP contribution >= 0.6 is 11.6 Å². The van der Waals surface area contributed by atoms with Crippen molar-refractivity contribution in [2.24, 2.45) is 5.92 Å². The highest BCUT2D eigenvalue weighted by Crippen LogP contribution is 2.24. The summed E-state index contributed by atoms with van der Waals surface area (Å²) in [7, 11) is 0. The molecule has 1 unspecified atom stereocenters. The summed E-state index contributed by atoms with van der Waals surface area (Å²) in [6, 6.07) is 15.5. The van der Waals surface area contributed by atoms with E-state index in [1.807, 2.05) is 61.7 Å². The lowest BCUT2D eigenvalue weighted by Crippen LogP contribution is -2.35. The van der Waals surface area contributed by atoms with E-state index in [0.717, 1.165) is 53.5 Å². The minimum absolute atomic E-state index is 0.112. The Balaban J connectivity index is 1.37. The van der Waals surface area contributed by atoms with E-state index in [-0.39, 0.29) is 12.3 Å². The van der Waals surface area contributed by atoms with E-state index in [2.05, 4.69) is 9.88 Å². The van der Waals surface area contributed by atoms with Crippen molar-refractivity contribution in [2.45, 2.75) is 32.9 Å². The van der Waals surface area contributed by atoms with Crippen LogP contribution in [0.3, 0.4) is 0 Å². The summed E-state index contributed by atoms with van der Waals surface area (Å²) < 4.78 is 5.86. The van der Waals surface area contributed by atoms with Gasteiger partial charge in [0.1, 0.15) is 12.4 Å². The van der Waals surface area contributed by atoms with Crippen LogP contribution in [0.15, 0.2) is 54.7 Å². The van der Waals surface area contributed by atoms with Crippen LogP contribution < -0.4 is 4.74 Å². The molecule has 0 radical (unpaired) electrons. The third-order valence-electron chi connectivity index (χ3n) is 5.51. The van der Waals surface area contributed by atoms with Gasteiger partial charge < -0.3 is 9.84 Å². The molecule has 32 heavy (non-hydrogen) atoms. The van der Waals surface area contributed by atoms with Gasteiger partial charge in [-0.1, -0.05) is 30.7 Å². The summed E-state index contributed by atoms with van der Waals surface area (Å²) in [6.45, 7) is 4.76. The van der Waals surface area contributed by atoms with Gasteiger partial charge in [-0.2, -0.15) is 0 Å². The van der Waals surface area contributed by atoms with Crippen molar-refractivity contribution in [3.05, 3.63) is 76.7 Å². The Labute approximate surface area is 192 Å². The lowest BCUT2D eigenvalue weighted by molar-refractivity contribution is -0.138.